The molecule has 1 amide bonds. The molecule has 0 aromatic heterocycles. The Kier molecular flexibility index (Phi) is 5.25. The van der Waals surface area contributed by atoms with Gasteiger partial charge in [-0.3, -0.25) is 4.79 Å². The maximum absolute atomic E-state index is 12.3. The number of carbonyl (C=O) groups is 1. The molecule has 6 nitrogen and oxygen atoms in total. The lowest BCUT2D eigenvalue weighted by Gasteiger charge is -2.23. The van der Waals surface area contributed by atoms with Crippen molar-refractivity contribution in [3.8, 4) is 0 Å². The Morgan fingerprint density at radius 2 is 1.95 bits per heavy atom. The highest BCUT2D eigenvalue weighted by atomic mass is 35.5. The zero-order valence-electron chi connectivity index (χ0n) is 12.5. The summed E-state index contributed by atoms with van der Waals surface area (Å²) in [7, 11) is -2.35. The molecule has 1 aromatic carbocycles. The van der Waals surface area contributed by atoms with Crippen LogP contribution in [-0.2, 0) is 14.8 Å². The second kappa shape index (κ2) is 6.21. The van der Waals surface area contributed by atoms with Gasteiger partial charge in [0.25, 0.3) is 0 Å². The lowest BCUT2D eigenvalue weighted by Crippen LogP contribution is -2.43. The summed E-state index contributed by atoms with van der Waals surface area (Å²) >= 11 is 5.97. The van der Waals surface area contributed by atoms with E-state index in [9.17, 15) is 13.2 Å². The second-order valence-electron chi connectivity index (χ2n) is 5.43. The van der Waals surface area contributed by atoms with Crippen LogP contribution in [0.4, 0.5) is 5.69 Å². The van der Waals surface area contributed by atoms with Crippen LogP contribution in [0.3, 0.4) is 0 Å². The Hall–Kier alpha value is -1.31. The van der Waals surface area contributed by atoms with Crippen molar-refractivity contribution in [3.63, 3.8) is 0 Å². The number of anilines is 1. The molecule has 1 rings (SSSR count). The average molecular weight is 334 g/mol. The Bertz CT molecular complexity index is 657. The quantitative estimate of drug-likeness (QED) is 0.706. The molecule has 8 heteroatoms. The number of hydrogen-bond acceptors (Lipinski definition) is 4. The zero-order chi connectivity index (χ0) is 16.4. The molecule has 0 saturated heterocycles. The first-order chi connectivity index (χ1) is 9.51. The Labute approximate surface area is 130 Å². The fourth-order valence-corrected chi connectivity index (χ4v) is 3.47. The summed E-state index contributed by atoms with van der Waals surface area (Å²) in [6.07, 6.45) is 0. The van der Waals surface area contributed by atoms with Crippen molar-refractivity contribution in [2.45, 2.75) is 25.7 Å². The molecular weight excluding hydrogens is 314 g/mol. The number of nitrogen functional groups attached to an aromatic ring is 1. The third-order valence-corrected chi connectivity index (χ3v) is 5.02. The summed E-state index contributed by atoms with van der Waals surface area (Å²) in [4.78, 5) is 11.6. The molecule has 0 radical (unpaired) electrons. The van der Waals surface area contributed by atoms with Crippen molar-refractivity contribution >= 4 is 33.2 Å². The number of rotatable bonds is 5. The number of halogens is 1. The van der Waals surface area contributed by atoms with Gasteiger partial charge in [0.15, 0.2) is 0 Å². The fourth-order valence-electron chi connectivity index (χ4n) is 1.65. The molecule has 118 valence electrons. The predicted molar refractivity (Wildman–Crippen MR) is 83.6 cm³/mol. The predicted octanol–water partition coefficient (Wildman–Crippen LogP) is 1.28. The summed E-state index contributed by atoms with van der Waals surface area (Å²) in [5, 5.41) is 2.58. The fraction of sp³-hybridized carbons (Fsp3) is 0.462. The van der Waals surface area contributed by atoms with Crippen LogP contribution in [0.25, 0.3) is 0 Å². The molecule has 0 atom stereocenters. The number of aryl methyl sites for hydroxylation is 1. The summed E-state index contributed by atoms with van der Waals surface area (Å²) in [5.74, 6) is -0.264. The van der Waals surface area contributed by atoms with Gasteiger partial charge >= 0.3 is 0 Å². The van der Waals surface area contributed by atoms with Gasteiger partial charge in [-0.25, -0.2) is 13.1 Å². The number of benzene rings is 1. The molecule has 0 spiro atoms. The molecule has 0 saturated carbocycles. The smallest absolute Gasteiger partial charge is 0.242 e. The van der Waals surface area contributed by atoms with Gasteiger partial charge in [0, 0.05) is 19.3 Å². The van der Waals surface area contributed by atoms with Crippen LogP contribution >= 0.6 is 11.6 Å². The number of hydrogen-bond donors (Lipinski definition) is 3. The highest BCUT2D eigenvalue weighted by Gasteiger charge is 2.29. The summed E-state index contributed by atoms with van der Waals surface area (Å²) in [5.41, 5.74) is 5.88. The number of sulfonamides is 1. The van der Waals surface area contributed by atoms with Gasteiger partial charge in [0.2, 0.25) is 15.9 Å². The van der Waals surface area contributed by atoms with Gasteiger partial charge in [-0.05, 0) is 38.5 Å². The van der Waals surface area contributed by atoms with Crippen LogP contribution < -0.4 is 15.8 Å². The summed E-state index contributed by atoms with van der Waals surface area (Å²) in [6, 6.07) is 2.81. The molecule has 0 heterocycles. The maximum Gasteiger partial charge on any atom is 0.242 e. The van der Waals surface area contributed by atoms with E-state index in [0.29, 0.717) is 11.3 Å². The first-order valence-corrected chi connectivity index (χ1v) is 8.15. The third-order valence-electron chi connectivity index (χ3n) is 3.16. The van der Waals surface area contributed by atoms with Gasteiger partial charge in [-0.1, -0.05) is 11.6 Å². The molecule has 0 aliphatic heterocycles. The minimum Gasteiger partial charge on any atom is -0.398 e. The van der Waals surface area contributed by atoms with Gasteiger partial charge in [0.05, 0.1) is 10.4 Å². The van der Waals surface area contributed by atoms with Gasteiger partial charge in [0.1, 0.15) is 4.90 Å². The molecule has 0 bridgehead atoms. The topological polar surface area (TPSA) is 101 Å². The third kappa shape index (κ3) is 4.09. The molecule has 0 aliphatic rings. The maximum atomic E-state index is 12.3. The number of nitrogens with one attached hydrogen (secondary N) is 2. The van der Waals surface area contributed by atoms with Crippen LogP contribution in [0.15, 0.2) is 17.0 Å². The van der Waals surface area contributed by atoms with Gasteiger partial charge < -0.3 is 11.1 Å². The summed E-state index contributed by atoms with van der Waals surface area (Å²) < 4.78 is 27.0. The largest absolute Gasteiger partial charge is 0.398 e. The van der Waals surface area contributed by atoms with Crippen molar-refractivity contribution in [1.29, 1.82) is 0 Å². The van der Waals surface area contributed by atoms with E-state index in [4.69, 9.17) is 17.3 Å². The van der Waals surface area contributed by atoms with E-state index < -0.39 is 15.4 Å². The second-order valence-corrected chi connectivity index (χ2v) is 7.57. The van der Waals surface area contributed by atoms with Crippen LogP contribution in [-0.4, -0.2) is 27.9 Å². The first kappa shape index (κ1) is 17.7. The molecule has 4 N–H and O–H groups in total. The van der Waals surface area contributed by atoms with E-state index in [1.807, 2.05) is 0 Å². The first-order valence-electron chi connectivity index (χ1n) is 6.29. The van der Waals surface area contributed by atoms with Crippen molar-refractivity contribution in [2.24, 2.45) is 5.41 Å². The van der Waals surface area contributed by atoms with Crippen molar-refractivity contribution in [3.05, 3.63) is 22.7 Å². The van der Waals surface area contributed by atoms with Crippen LogP contribution in [0, 0.1) is 12.3 Å². The van der Waals surface area contributed by atoms with E-state index >= 15 is 0 Å². The van der Waals surface area contributed by atoms with E-state index in [-0.39, 0.29) is 22.4 Å². The molecule has 1 aromatic rings. The van der Waals surface area contributed by atoms with Crippen molar-refractivity contribution in [2.75, 3.05) is 19.3 Å². The Balaban J connectivity index is 3.03. The molecule has 0 unspecified atom stereocenters. The molecular formula is C13H20ClN3O3S. The number of nitrogens with two attached hydrogens (primary N) is 1. The van der Waals surface area contributed by atoms with E-state index in [2.05, 4.69) is 10.0 Å². The summed E-state index contributed by atoms with van der Waals surface area (Å²) in [6.45, 7) is 4.96. The normalized spacial score (nSPS) is 12.2. The molecule has 0 aliphatic carbocycles. The lowest BCUT2D eigenvalue weighted by molar-refractivity contribution is -0.128. The minimum absolute atomic E-state index is 0.0564. The highest BCUT2D eigenvalue weighted by molar-refractivity contribution is 7.89. The number of amides is 1. The molecule has 0 fully saturated rings. The average Bonchev–Trinajstić information content (AvgIpc) is 2.39. The standard InChI is InChI=1S/C13H20ClN3O3S/c1-8-5-9(14)11(6-10(8)15)21(19,20)17-7-13(2,3)12(18)16-4/h5-6,17H,7,15H2,1-4H3,(H,16,18). The van der Waals surface area contributed by atoms with E-state index in [1.54, 1.807) is 20.8 Å². The zero-order valence-corrected chi connectivity index (χ0v) is 14.0. The van der Waals surface area contributed by atoms with Crippen LogP contribution in [0.2, 0.25) is 5.02 Å². The van der Waals surface area contributed by atoms with Crippen molar-refractivity contribution < 1.29 is 13.2 Å². The van der Waals surface area contributed by atoms with Gasteiger partial charge in [-0.2, -0.15) is 0 Å². The SMILES string of the molecule is CNC(=O)C(C)(C)CNS(=O)(=O)c1cc(N)c(C)cc1Cl. The van der Waals surface area contributed by atoms with Gasteiger partial charge in [-0.15, -0.1) is 0 Å². The monoisotopic (exact) mass is 333 g/mol. The minimum atomic E-state index is -3.85. The Morgan fingerprint density at radius 3 is 2.48 bits per heavy atom. The number of carbonyl (C=O) groups excluding carboxylic acids is 1. The lowest BCUT2D eigenvalue weighted by atomic mass is 9.93. The van der Waals surface area contributed by atoms with Crippen molar-refractivity contribution in [1.82, 2.24) is 10.0 Å². The molecule has 21 heavy (non-hydrogen) atoms. The Morgan fingerprint density at radius 1 is 1.38 bits per heavy atom. The van der Waals surface area contributed by atoms with Crippen LogP contribution in [0.5, 0.6) is 0 Å². The van der Waals surface area contributed by atoms with Crippen LogP contribution in [0.1, 0.15) is 19.4 Å². The highest BCUT2D eigenvalue weighted by Crippen LogP contribution is 2.27. The van der Waals surface area contributed by atoms with E-state index in [1.165, 1.54) is 19.2 Å². The van der Waals surface area contributed by atoms with E-state index in [0.717, 1.165) is 0 Å².